The van der Waals surface area contributed by atoms with Gasteiger partial charge >= 0.3 is 6.18 Å². The van der Waals surface area contributed by atoms with Crippen molar-refractivity contribution in [3.05, 3.63) is 64.9 Å². The van der Waals surface area contributed by atoms with E-state index < -0.39 is 23.1 Å². The number of ether oxygens (including phenoxy) is 2. The maximum atomic E-state index is 13.6. The largest absolute Gasteiger partial charge is 0.493 e. The maximum absolute atomic E-state index is 13.6. The molecule has 3 aromatic rings. The number of Topliss-reactive ketones (excluding diaryl/α,β-unsaturated/α-hetero) is 2. The van der Waals surface area contributed by atoms with Crippen molar-refractivity contribution in [3.8, 4) is 11.5 Å². The van der Waals surface area contributed by atoms with Crippen molar-refractivity contribution in [2.45, 2.75) is 51.6 Å². The number of hydrogen-bond acceptors (Lipinski definition) is 4. The Morgan fingerprint density at radius 3 is 2.30 bits per heavy atom. The van der Waals surface area contributed by atoms with Crippen LogP contribution in [0.15, 0.2) is 48.2 Å². The van der Waals surface area contributed by atoms with Crippen molar-refractivity contribution >= 4 is 33.9 Å². The number of fused-ring (bicyclic) bond motifs is 2. The average Bonchev–Trinajstić information content (AvgIpc) is 3.39. The van der Waals surface area contributed by atoms with Gasteiger partial charge in [-0.25, -0.2) is 0 Å². The molecule has 1 aromatic heterocycles. The minimum Gasteiger partial charge on any atom is -0.493 e. The van der Waals surface area contributed by atoms with Crippen LogP contribution >= 0.6 is 0 Å². The summed E-state index contributed by atoms with van der Waals surface area (Å²) in [5.41, 5.74) is 1.56. The van der Waals surface area contributed by atoms with Crippen LogP contribution in [-0.4, -0.2) is 47.6 Å². The molecule has 1 aliphatic heterocycles. The molecule has 1 N–H and O–H groups in total. The fourth-order valence-electron chi connectivity index (χ4n) is 5.68. The quantitative estimate of drug-likeness (QED) is 0.157. The highest BCUT2D eigenvalue weighted by atomic mass is 19.4. The van der Waals surface area contributed by atoms with Gasteiger partial charge in [0.25, 0.3) is 0 Å². The van der Waals surface area contributed by atoms with Crippen molar-refractivity contribution in [2.75, 3.05) is 20.8 Å². The fraction of sp³-hybridized carbons (Fsp3) is 0.387. The van der Waals surface area contributed by atoms with E-state index in [0.29, 0.717) is 57.4 Å². The number of alkyl halides is 3. The number of nitrogens with zero attached hydrogens (tertiary/aromatic N) is 1. The van der Waals surface area contributed by atoms with Crippen LogP contribution < -0.4 is 9.47 Å². The first-order chi connectivity index (χ1) is 18.8. The molecule has 40 heavy (non-hydrogen) atoms. The van der Waals surface area contributed by atoms with E-state index in [1.54, 1.807) is 24.4 Å². The fourth-order valence-corrected chi connectivity index (χ4v) is 5.68. The van der Waals surface area contributed by atoms with Crippen molar-refractivity contribution < 1.29 is 36.8 Å². The van der Waals surface area contributed by atoms with E-state index in [1.165, 1.54) is 26.4 Å². The Hall–Kier alpha value is -3.88. The van der Waals surface area contributed by atoms with E-state index in [0.717, 1.165) is 12.5 Å². The summed E-state index contributed by atoms with van der Waals surface area (Å²) in [5, 5.41) is 0.683. The number of aromatic amines is 1. The smallest absolute Gasteiger partial charge is 0.416 e. The number of H-pyrrole nitrogens is 1. The summed E-state index contributed by atoms with van der Waals surface area (Å²) in [6, 6.07) is 7.25. The molecule has 2 aromatic carbocycles. The molecule has 0 atom stereocenters. The lowest BCUT2D eigenvalue weighted by Crippen LogP contribution is -2.40. The molecule has 2 aliphatic rings. The van der Waals surface area contributed by atoms with Crippen molar-refractivity contribution in [1.29, 1.82) is 0 Å². The molecule has 1 fully saturated rings. The number of allylic oxidation sites excluding steroid dienone is 2. The summed E-state index contributed by atoms with van der Waals surface area (Å²) in [5.74, 6) is -0.258. The molecule has 0 saturated heterocycles. The Morgan fingerprint density at radius 2 is 1.70 bits per heavy atom. The number of aromatic nitrogens is 1. The maximum Gasteiger partial charge on any atom is 0.416 e. The van der Waals surface area contributed by atoms with Gasteiger partial charge in [0.05, 0.1) is 30.8 Å². The van der Waals surface area contributed by atoms with E-state index in [4.69, 9.17) is 9.47 Å². The average molecular weight is 554 g/mol. The Bertz CT molecular complexity index is 1590. The van der Waals surface area contributed by atoms with Crippen molar-refractivity contribution in [1.82, 2.24) is 4.98 Å². The number of carbonyl (C=O) groups is 2. The van der Waals surface area contributed by atoms with Gasteiger partial charge in [0.1, 0.15) is 12.5 Å². The SMILES string of the molecule is COc1cc2[nH]cc(C3C(=O)C(=CC4=[N+](CCC(C)C)c5ccc(C(F)(F)F)cc5C4(C)C)C3=O)c2cc1OC. The van der Waals surface area contributed by atoms with Crippen LogP contribution in [0.5, 0.6) is 11.5 Å². The van der Waals surface area contributed by atoms with Crippen molar-refractivity contribution in [2.24, 2.45) is 5.92 Å². The third-order valence-corrected chi connectivity index (χ3v) is 8.01. The molecule has 0 spiro atoms. The second-order valence-corrected chi connectivity index (χ2v) is 11.3. The molecule has 9 heteroatoms. The van der Waals surface area contributed by atoms with Crippen molar-refractivity contribution in [3.63, 3.8) is 0 Å². The Labute approximate surface area is 230 Å². The minimum absolute atomic E-state index is 0.0568. The molecule has 210 valence electrons. The van der Waals surface area contributed by atoms with Crippen LogP contribution in [0.25, 0.3) is 10.9 Å². The standard InChI is InChI=1S/C31H31F3N2O4/c1-16(2)9-10-36-23-8-7-17(31(32,33)34)11-21(23)30(3,4)26(36)13-19-28(37)27(29(19)38)20-15-35-22-14-25(40-6)24(39-5)12-18(20)22/h7-8,11-16,27H,9-10H2,1-6H3/p+1. The van der Waals surface area contributed by atoms with Gasteiger partial charge in [0, 0.05) is 47.3 Å². The molecule has 1 aliphatic carbocycles. The first-order valence-electron chi connectivity index (χ1n) is 13.2. The third-order valence-electron chi connectivity index (χ3n) is 8.01. The topological polar surface area (TPSA) is 71.4 Å². The molecule has 0 radical (unpaired) electrons. The number of halogens is 3. The Balaban J connectivity index is 1.56. The summed E-state index contributed by atoms with van der Waals surface area (Å²) in [4.78, 5) is 30.1. The monoisotopic (exact) mass is 553 g/mol. The summed E-state index contributed by atoms with van der Waals surface area (Å²) in [6.07, 6.45) is -0.452. The van der Waals surface area contributed by atoms with Gasteiger partial charge in [-0.05, 0) is 43.5 Å². The molecule has 0 amide bonds. The summed E-state index contributed by atoms with van der Waals surface area (Å²) < 4.78 is 53.4. The lowest BCUT2D eigenvalue weighted by molar-refractivity contribution is -0.439. The number of nitrogens with one attached hydrogen (secondary N) is 1. The van der Waals surface area contributed by atoms with E-state index in [-0.39, 0.29) is 17.1 Å². The van der Waals surface area contributed by atoms with Gasteiger partial charge in [-0.1, -0.05) is 13.8 Å². The van der Waals surface area contributed by atoms with Gasteiger partial charge < -0.3 is 14.5 Å². The van der Waals surface area contributed by atoms with Crippen LogP contribution in [0.4, 0.5) is 18.9 Å². The number of benzene rings is 2. The zero-order valence-corrected chi connectivity index (χ0v) is 23.3. The van der Waals surface area contributed by atoms with Gasteiger partial charge in [-0.3, -0.25) is 9.59 Å². The van der Waals surface area contributed by atoms with Crippen LogP contribution in [-0.2, 0) is 21.2 Å². The number of hydrogen-bond donors (Lipinski definition) is 1. The minimum atomic E-state index is -4.48. The highest BCUT2D eigenvalue weighted by molar-refractivity contribution is 6.43. The van der Waals surface area contributed by atoms with Gasteiger partial charge in [-0.15, -0.1) is 0 Å². The van der Waals surface area contributed by atoms with Crippen LogP contribution in [0, 0.1) is 5.92 Å². The summed E-state index contributed by atoms with van der Waals surface area (Å²) >= 11 is 0. The predicted molar refractivity (Wildman–Crippen MR) is 146 cm³/mol. The Morgan fingerprint density at radius 1 is 1.05 bits per heavy atom. The summed E-state index contributed by atoms with van der Waals surface area (Å²) in [7, 11) is 3.04. The third kappa shape index (κ3) is 4.32. The van der Waals surface area contributed by atoms with E-state index in [2.05, 4.69) is 18.8 Å². The second kappa shape index (κ2) is 9.64. The van der Waals surface area contributed by atoms with E-state index >= 15 is 0 Å². The zero-order valence-electron chi connectivity index (χ0n) is 23.3. The second-order valence-electron chi connectivity index (χ2n) is 11.3. The highest BCUT2D eigenvalue weighted by Crippen LogP contribution is 2.45. The zero-order chi connectivity index (χ0) is 29.1. The molecule has 6 nitrogen and oxygen atoms in total. The molecular weight excluding hydrogens is 521 g/mol. The number of methoxy groups -OCH3 is 2. The lowest BCUT2D eigenvalue weighted by Gasteiger charge is -2.26. The van der Waals surface area contributed by atoms with Gasteiger partial charge in [-0.2, -0.15) is 17.7 Å². The number of ketones is 2. The molecule has 0 unspecified atom stereocenters. The predicted octanol–water partition coefficient (Wildman–Crippen LogP) is 6.49. The number of rotatable bonds is 7. The Kier molecular flexibility index (Phi) is 6.67. The van der Waals surface area contributed by atoms with E-state index in [1.807, 2.05) is 18.4 Å². The molecule has 0 bridgehead atoms. The first-order valence-corrected chi connectivity index (χ1v) is 13.2. The molecule has 5 rings (SSSR count). The normalized spacial score (nSPS) is 18.4. The molecular formula is C31H32F3N2O4+. The van der Waals surface area contributed by atoms with Gasteiger partial charge in [0.2, 0.25) is 5.69 Å². The first kappa shape index (κ1) is 27.7. The molecule has 1 saturated carbocycles. The molecule has 2 heterocycles. The van der Waals surface area contributed by atoms with Crippen LogP contribution in [0.1, 0.15) is 56.7 Å². The van der Waals surface area contributed by atoms with Gasteiger partial charge in [0.15, 0.2) is 28.8 Å². The highest BCUT2D eigenvalue weighted by Gasteiger charge is 2.51. The summed E-state index contributed by atoms with van der Waals surface area (Å²) in [6.45, 7) is 8.36. The number of carbonyl (C=O) groups excluding carboxylic acids is 2. The van der Waals surface area contributed by atoms with Crippen LogP contribution in [0.2, 0.25) is 0 Å². The lowest BCUT2D eigenvalue weighted by atomic mass is 9.71. The van der Waals surface area contributed by atoms with Crippen LogP contribution in [0.3, 0.4) is 0 Å². The van der Waals surface area contributed by atoms with E-state index in [9.17, 15) is 22.8 Å².